The lowest BCUT2D eigenvalue weighted by molar-refractivity contribution is 0.0926. The van der Waals surface area contributed by atoms with Crippen molar-refractivity contribution < 1.29 is 9.53 Å². The molecule has 1 rings (SSSR count). The number of carbonyl (C=O) groups excluding carboxylic acids is 1. The van der Waals surface area contributed by atoms with Crippen molar-refractivity contribution in [3.63, 3.8) is 0 Å². The first-order valence-electron chi connectivity index (χ1n) is 5.46. The van der Waals surface area contributed by atoms with Gasteiger partial charge in [-0.1, -0.05) is 6.92 Å². The summed E-state index contributed by atoms with van der Waals surface area (Å²) in [5, 5.41) is 0. The first-order chi connectivity index (χ1) is 7.67. The molecule has 0 aromatic carbocycles. The Kier molecular flexibility index (Phi) is 5.66. The first kappa shape index (κ1) is 13.4. The summed E-state index contributed by atoms with van der Waals surface area (Å²) in [6.45, 7) is 4.01. The van der Waals surface area contributed by atoms with Gasteiger partial charge in [0.2, 0.25) is 0 Å². The Morgan fingerprint density at radius 1 is 1.50 bits per heavy atom. The third-order valence-corrected chi connectivity index (χ3v) is 3.65. The molecular weight excluding hydrogens is 222 g/mol. The summed E-state index contributed by atoms with van der Waals surface area (Å²) in [4.78, 5) is 16.0. The highest BCUT2D eigenvalue weighted by Gasteiger charge is 2.11. The van der Waals surface area contributed by atoms with Crippen molar-refractivity contribution >= 4 is 17.1 Å². The van der Waals surface area contributed by atoms with Gasteiger partial charge in [-0.25, -0.2) is 0 Å². The van der Waals surface area contributed by atoms with E-state index in [0.29, 0.717) is 13.2 Å². The van der Waals surface area contributed by atoms with E-state index in [0.717, 1.165) is 17.8 Å². The van der Waals surface area contributed by atoms with Crippen molar-refractivity contribution in [2.45, 2.75) is 13.3 Å². The normalized spacial score (nSPS) is 11.0. The van der Waals surface area contributed by atoms with Crippen LogP contribution in [0.25, 0.3) is 0 Å². The monoisotopic (exact) mass is 241 g/mol. The van der Waals surface area contributed by atoms with E-state index >= 15 is 0 Å². The van der Waals surface area contributed by atoms with Crippen LogP contribution in [0.1, 0.15) is 21.5 Å². The largest absolute Gasteiger partial charge is 0.383 e. The smallest absolute Gasteiger partial charge is 0.186 e. The quantitative estimate of drug-likeness (QED) is 0.684. The van der Waals surface area contributed by atoms with Crippen molar-refractivity contribution in [1.29, 1.82) is 0 Å². The van der Waals surface area contributed by atoms with E-state index in [1.807, 2.05) is 24.1 Å². The number of rotatable bonds is 7. The molecule has 0 saturated carbocycles. The number of aryl methyl sites for hydroxylation is 1. The van der Waals surface area contributed by atoms with Crippen molar-refractivity contribution in [3.8, 4) is 0 Å². The molecule has 1 aromatic rings. The summed E-state index contributed by atoms with van der Waals surface area (Å²) in [6, 6.07) is 3.96. The molecule has 0 unspecified atom stereocenters. The van der Waals surface area contributed by atoms with Crippen LogP contribution in [0, 0.1) is 0 Å². The van der Waals surface area contributed by atoms with Gasteiger partial charge in [0.15, 0.2) is 5.78 Å². The molecule has 4 heteroatoms. The first-order valence-corrected chi connectivity index (χ1v) is 6.28. The van der Waals surface area contributed by atoms with E-state index in [-0.39, 0.29) is 5.78 Å². The fourth-order valence-corrected chi connectivity index (χ4v) is 2.24. The molecule has 0 aliphatic heterocycles. The molecule has 0 radical (unpaired) electrons. The Labute approximate surface area is 101 Å². The molecule has 90 valence electrons. The third kappa shape index (κ3) is 4.04. The number of thiophene rings is 1. The van der Waals surface area contributed by atoms with Gasteiger partial charge in [0.1, 0.15) is 0 Å². The van der Waals surface area contributed by atoms with Gasteiger partial charge in [-0.3, -0.25) is 9.69 Å². The molecule has 0 saturated heterocycles. The molecule has 0 amide bonds. The van der Waals surface area contributed by atoms with Crippen LogP contribution in [0.5, 0.6) is 0 Å². The predicted molar refractivity (Wildman–Crippen MR) is 67.4 cm³/mol. The molecule has 0 fully saturated rings. The van der Waals surface area contributed by atoms with Gasteiger partial charge in [-0.2, -0.15) is 0 Å². The van der Waals surface area contributed by atoms with Crippen LogP contribution >= 0.6 is 11.3 Å². The van der Waals surface area contributed by atoms with E-state index in [9.17, 15) is 4.79 Å². The van der Waals surface area contributed by atoms with E-state index in [1.165, 1.54) is 4.88 Å². The molecule has 1 aromatic heterocycles. The van der Waals surface area contributed by atoms with Crippen LogP contribution in [-0.2, 0) is 11.2 Å². The maximum atomic E-state index is 11.9. The van der Waals surface area contributed by atoms with Crippen LogP contribution in [0.2, 0.25) is 0 Å². The molecule has 1 heterocycles. The van der Waals surface area contributed by atoms with Crippen LogP contribution in [0.3, 0.4) is 0 Å². The van der Waals surface area contributed by atoms with E-state index < -0.39 is 0 Å². The zero-order chi connectivity index (χ0) is 12.0. The molecule has 0 N–H and O–H groups in total. The number of Topliss-reactive ketones (excluding diaryl/α,β-unsaturated/α-hetero) is 1. The number of ether oxygens (including phenoxy) is 1. The second kappa shape index (κ2) is 6.78. The Hall–Kier alpha value is -0.710. The Morgan fingerprint density at radius 3 is 2.81 bits per heavy atom. The second-order valence-corrected chi connectivity index (χ2v) is 4.94. The standard InChI is InChI=1S/C12H19NO2S/c1-4-10-5-6-12(16-10)11(14)9-13(2)7-8-15-3/h5-6H,4,7-9H2,1-3H3. The number of hydrogen-bond acceptors (Lipinski definition) is 4. The minimum absolute atomic E-state index is 0.198. The maximum Gasteiger partial charge on any atom is 0.186 e. The van der Waals surface area contributed by atoms with Gasteiger partial charge in [-0.05, 0) is 25.6 Å². The third-order valence-electron chi connectivity index (χ3n) is 2.38. The van der Waals surface area contributed by atoms with Crippen molar-refractivity contribution in [2.24, 2.45) is 0 Å². The zero-order valence-electron chi connectivity index (χ0n) is 10.2. The van der Waals surface area contributed by atoms with Crippen molar-refractivity contribution in [2.75, 3.05) is 33.9 Å². The fraction of sp³-hybridized carbons (Fsp3) is 0.583. The number of hydrogen-bond donors (Lipinski definition) is 0. The molecule has 0 aliphatic rings. The lowest BCUT2D eigenvalue weighted by Crippen LogP contribution is -2.28. The number of nitrogens with zero attached hydrogens (tertiary/aromatic N) is 1. The molecule has 16 heavy (non-hydrogen) atoms. The summed E-state index contributed by atoms with van der Waals surface area (Å²) in [7, 11) is 3.60. The van der Waals surface area contributed by atoms with Gasteiger partial charge in [0, 0.05) is 18.5 Å². The van der Waals surface area contributed by atoms with Gasteiger partial charge in [-0.15, -0.1) is 11.3 Å². The van der Waals surface area contributed by atoms with Gasteiger partial charge < -0.3 is 4.74 Å². The van der Waals surface area contributed by atoms with E-state index in [2.05, 4.69) is 6.92 Å². The average molecular weight is 241 g/mol. The number of likely N-dealkylation sites (N-methyl/N-ethyl adjacent to an activating group) is 1. The fourth-order valence-electron chi connectivity index (χ4n) is 1.37. The summed E-state index contributed by atoms with van der Waals surface area (Å²) >= 11 is 1.60. The van der Waals surface area contributed by atoms with Crippen molar-refractivity contribution in [3.05, 3.63) is 21.9 Å². The minimum atomic E-state index is 0.198. The summed E-state index contributed by atoms with van der Waals surface area (Å²) < 4.78 is 4.97. The SMILES string of the molecule is CCc1ccc(C(=O)CN(C)CCOC)s1. The second-order valence-electron chi connectivity index (χ2n) is 3.77. The van der Waals surface area contributed by atoms with Crippen LogP contribution in [-0.4, -0.2) is 44.5 Å². The highest BCUT2D eigenvalue weighted by Crippen LogP contribution is 2.17. The molecule has 0 aliphatic carbocycles. The van der Waals surface area contributed by atoms with Crippen LogP contribution in [0.15, 0.2) is 12.1 Å². The van der Waals surface area contributed by atoms with Crippen LogP contribution < -0.4 is 0 Å². The highest BCUT2D eigenvalue weighted by molar-refractivity contribution is 7.14. The minimum Gasteiger partial charge on any atom is -0.383 e. The molecule has 0 atom stereocenters. The van der Waals surface area contributed by atoms with E-state index in [1.54, 1.807) is 18.4 Å². The summed E-state index contributed by atoms with van der Waals surface area (Å²) in [6.07, 6.45) is 0.997. The predicted octanol–water partition coefficient (Wildman–Crippen LogP) is 2.07. The molecule has 3 nitrogen and oxygen atoms in total. The van der Waals surface area contributed by atoms with Gasteiger partial charge >= 0.3 is 0 Å². The molecular formula is C12H19NO2S. The lowest BCUT2D eigenvalue weighted by atomic mass is 10.3. The molecule has 0 bridgehead atoms. The highest BCUT2D eigenvalue weighted by atomic mass is 32.1. The summed E-state index contributed by atoms with van der Waals surface area (Å²) in [5.41, 5.74) is 0. The zero-order valence-corrected chi connectivity index (χ0v) is 11.0. The Bertz CT molecular complexity index is 336. The van der Waals surface area contributed by atoms with Gasteiger partial charge in [0.05, 0.1) is 18.0 Å². The number of carbonyl (C=O) groups is 1. The number of methoxy groups -OCH3 is 1. The summed E-state index contributed by atoms with van der Waals surface area (Å²) in [5.74, 6) is 0.198. The topological polar surface area (TPSA) is 29.5 Å². The van der Waals surface area contributed by atoms with Crippen molar-refractivity contribution in [1.82, 2.24) is 4.90 Å². The van der Waals surface area contributed by atoms with Crippen LogP contribution in [0.4, 0.5) is 0 Å². The average Bonchev–Trinajstić information content (AvgIpc) is 2.74. The maximum absolute atomic E-state index is 11.9. The molecule has 0 spiro atoms. The van der Waals surface area contributed by atoms with E-state index in [4.69, 9.17) is 4.74 Å². The Balaban J connectivity index is 2.45. The van der Waals surface area contributed by atoms with Gasteiger partial charge in [0.25, 0.3) is 0 Å². The Morgan fingerprint density at radius 2 is 2.25 bits per heavy atom. The lowest BCUT2D eigenvalue weighted by Gasteiger charge is -2.14. The number of ketones is 1.